The molecule has 0 aliphatic carbocycles. The molecule has 1 aromatic heterocycles. The topological polar surface area (TPSA) is 67.1 Å². The van der Waals surface area contributed by atoms with Gasteiger partial charge in [0, 0.05) is 22.5 Å². The van der Waals surface area contributed by atoms with Crippen molar-refractivity contribution in [3.63, 3.8) is 0 Å². The van der Waals surface area contributed by atoms with Gasteiger partial charge in [-0.3, -0.25) is 4.79 Å². The molecule has 1 fully saturated rings. The van der Waals surface area contributed by atoms with Crippen molar-refractivity contribution < 1.29 is 32.4 Å². The number of hydrogen-bond donors (Lipinski definition) is 0. The number of aryl methyl sites for hydroxylation is 1. The Balaban J connectivity index is 1.65. The molecule has 0 bridgehead atoms. The minimum atomic E-state index is -0.711. The van der Waals surface area contributed by atoms with Gasteiger partial charge in [-0.1, -0.05) is 18.2 Å². The Kier molecular flexibility index (Phi) is 6.01. The van der Waals surface area contributed by atoms with E-state index in [0.29, 0.717) is 22.2 Å². The number of esters is 1. The van der Waals surface area contributed by atoms with Crippen molar-refractivity contribution in [1.82, 2.24) is 0 Å². The number of hydrogen-bond acceptors (Lipinski definition) is 6. The average Bonchev–Trinajstić information content (AvgIpc) is 3.21. The summed E-state index contributed by atoms with van der Waals surface area (Å²) < 4.78 is 42.6. The molecule has 6 nitrogen and oxygen atoms in total. The zero-order valence-electron chi connectivity index (χ0n) is 19.8. The normalized spacial score (nSPS) is 16.9. The second-order valence-electron chi connectivity index (χ2n) is 9.39. The lowest BCUT2D eigenvalue weighted by molar-refractivity contribution is -0.139. The molecule has 33 heavy (non-hydrogen) atoms. The highest BCUT2D eigenvalue weighted by atomic mass is 19.1. The van der Waals surface area contributed by atoms with Gasteiger partial charge in [0.1, 0.15) is 17.9 Å². The van der Waals surface area contributed by atoms with Crippen LogP contribution >= 0.6 is 0 Å². The van der Waals surface area contributed by atoms with E-state index >= 15 is 0 Å². The van der Waals surface area contributed by atoms with Crippen LogP contribution in [0, 0.1) is 12.9 Å². The number of rotatable bonds is 6. The van der Waals surface area contributed by atoms with Gasteiger partial charge in [-0.2, -0.15) is 4.39 Å². The predicted molar refractivity (Wildman–Crippen MR) is 123 cm³/mol. The van der Waals surface area contributed by atoms with Crippen LogP contribution in [0.5, 0.6) is 5.75 Å². The summed E-state index contributed by atoms with van der Waals surface area (Å²) in [7, 11) is 0.643. The Hall–Kier alpha value is -2.84. The molecule has 0 N–H and O–H groups in total. The van der Waals surface area contributed by atoms with Gasteiger partial charge >= 0.3 is 13.1 Å². The molecule has 1 saturated heterocycles. The van der Waals surface area contributed by atoms with Crippen molar-refractivity contribution in [3.05, 3.63) is 59.1 Å². The highest BCUT2D eigenvalue weighted by Gasteiger charge is 2.52. The summed E-state index contributed by atoms with van der Waals surface area (Å²) in [4.78, 5) is 11.8. The van der Waals surface area contributed by atoms with Crippen LogP contribution in [0.25, 0.3) is 11.0 Å². The molecule has 174 valence electrons. The zero-order valence-corrected chi connectivity index (χ0v) is 19.8. The summed E-state index contributed by atoms with van der Waals surface area (Å²) >= 11 is 0. The summed E-state index contributed by atoms with van der Waals surface area (Å²) in [6.45, 7) is 9.99. The van der Waals surface area contributed by atoms with Gasteiger partial charge in [0.15, 0.2) is 0 Å². The fraction of sp³-hybridized carbons (Fsp3) is 0.400. The first kappa shape index (κ1) is 23.3. The molecule has 1 aliphatic rings. The number of methoxy groups -OCH3 is 1. The van der Waals surface area contributed by atoms with Crippen LogP contribution in [0.1, 0.15) is 44.4 Å². The Bertz CT molecular complexity index is 1180. The van der Waals surface area contributed by atoms with Gasteiger partial charge in [-0.25, -0.2) is 0 Å². The SMILES string of the molecule is COC(=O)Cc1ccc(C)cc1OCc1cc(B2OC(C)(C)C(C)(C)O2)c2oc(F)cc2c1. The smallest absolute Gasteiger partial charge is 0.489 e. The molecule has 1 aliphatic heterocycles. The van der Waals surface area contributed by atoms with Crippen LogP contribution in [0.15, 0.2) is 40.8 Å². The van der Waals surface area contributed by atoms with E-state index in [-0.39, 0.29) is 19.0 Å². The lowest BCUT2D eigenvalue weighted by Crippen LogP contribution is -2.41. The van der Waals surface area contributed by atoms with Crippen LogP contribution in [-0.4, -0.2) is 31.4 Å². The van der Waals surface area contributed by atoms with E-state index in [9.17, 15) is 9.18 Å². The van der Waals surface area contributed by atoms with Crippen LogP contribution < -0.4 is 10.2 Å². The average molecular weight is 454 g/mol. The first-order valence-corrected chi connectivity index (χ1v) is 10.9. The van der Waals surface area contributed by atoms with Crippen molar-refractivity contribution in [2.45, 2.75) is 58.8 Å². The number of benzene rings is 2. The summed E-state index contributed by atoms with van der Waals surface area (Å²) in [6, 6.07) is 9.97. The van der Waals surface area contributed by atoms with Crippen LogP contribution in [0.3, 0.4) is 0 Å². The Morgan fingerprint density at radius 3 is 2.42 bits per heavy atom. The number of fused-ring (bicyclic) bond motifs is 1. The van der Waals surface area contributed by atoms with E-state index < -0.39 is 24.3 Å². The molecule has 3 aromatic rings. The maximum absolute atomic E-state index is 14.0. The standard InChI is InChI=1S/C25H28BFO6/c1-15-7-8-17(13-22(28)29-6)20(9-15)30-14-16-10-18-12-21(27)31-23(18)19(11-16)26-32-24(2,3)25(4,5)33-26/h7-12H,13-14H2,1-6H3. The zero-order chi connectivity index (χ0) is 24.0. The van der Waals surface area contributed by atoms with Crippen LogP contribution in [0.4, 0.5) is 4.39 Å². The summed E-state index contributed by atoms with van der Waals surface area (Å²) in [5.41, 5.74) is 2.42. The maximum atomic E-state index is 14.0. The molecule has 0 radical (unpaired) electrons. The molecule has 2 heterocycles. The quantitative estimate of drug-likeness (QED) is 0.405. The Labute approximate surface area is 193 Å². The largest absolute Gasteiger partial charge is 0.498 e. The maximum Gasteiger partial charge on any atom is 0.498 e. The minimum Gasteiger partial charge on any atom is -0.489 e. The van der Waals surface area contributed by atoms with Gasteiger partial charge in [-0.15, -0.1) is 0 Å². The first-order valence-electron chi connectivity index (χ1n) is 10.9. The van der Waals surface area contributed by atoms with Crippen molar-refractivity contribution in [2.75, 3.05) is 7.11 Å². The Morgan fingerprint density at radius 2 is 1.76 bits per heavy atom. The van der Waals surface area contributed by atoms with Crippen molar-refractivity contribution in [2.24, 2.45) is 0 Å². The van der Waals surface area contributed by atoms with Crippen molar-refractivity contribution in [1.29, 1.82) is 0 Å². The van der Waals surface area contributed by atoms with Crippen molar-refractivity contribution in [3.8, 4) is 5.75 Å². The molecule has 0 saturated carbocycles. The lowest BCUT2D eigenvalue weighted by atomic mass is 9.77. The number of carbonyl (C=O) groups excluding carboxylic acids is 1. The van der Waals surface area contributed by atoms with Gasteiger partial charge in [-0.05, 0) is 57.9 Å². The number of halogens is 1. The van der Waals surface area contributed by atoms with Gasteiger partial charge in [0.25, 0.3) is 6.01 Å². The van der Waals surface area contributed by atoms with E-state index in [2.05, 4.69) is 0 Å². The van der Waals surface area contributed by atoms with E-state index in [1.807, 2.05) is 65.0 Å². The van der Waals surface area contributed by atoms with Crippen LogP contribution in [-0.2, 0) is 31.9 Å². The lowest BCUT2D eigenvalue weighted by Gasteiger charge is -2.32. The third-order valence-electron chi connectivity index (χ3n) is 6.36. The molecule has 2 aromatic carbocycles. The monoisotopic (exact) mass is 454 g/mol. The first-order chi connectivity index (χ1) is 15.5. The third-order valence-corrected chi connectivity index (χ3v) is 6.36. The summed E-state index contributed by atoms with van der Waals surface area (Å²) in [5.74, 6) is 0.248. The molecule has 0 amide bonds. The number of carbonyl (C=O) groups is 1. The second-order valence-corrected chi connectivity index (χ2v) is 9.39. The van der Waals surface area contributed by atoms with Gasteiger partial charge in [0.05, 0.1) is 24.7 Å². The molecule has 0 spiro atoms. The van der Waals surface area contributed by atoms with E-state index in [4.69, 9.17) is 23.2 Å². The number of furan rings is 1. The third kappa shape index (κ3) is 4.63. The minimum absolute atomic E-state index is 0.108. The Morgan fingerprint density at radius 1 is 1.06 bits per heavy atom. The summed E-state index contributed by atoms with van der Waals surface area (Å²) in [6.07, 6.45) is 0.108. The molecular formula is C25H28BFO6. The molecule has 0 atom stereocenters. The molecule has 8 heteroatoms. The predicted octanol–water partition coefficient (Wildman–Crippen LogP) is 4.47. The highest BCUT2D eigenvalue weighted by molar-refractivity contribution is 6.64. The summed E-state index contributed by atoms with van der Waals surface area (Å²) in [5, 5.41) is 0.595. The highest BCUT2D eigenvalue weighted by Crippen LogP contribution is 2.37. The van der Waals surface area contributed by atoms with Gasteiger partial charge < -0.3 is 23.2 Å². The molecule has 0 unspecified atom stereocenters. The fourth-order valence-electron chi connectivity index (χ4n) is 3.77. The van der Waals surface area contributed by atoms with Gasteiger partial charge in [0.2, 0.25) is 0 Å². The molecular weight excluding hydrogens is 426 g/mol. The van der Waals surface area contributed by atoms with Crippen molar-refractivity contribution >= 4 is 29.5 Å². The van der Waals surface area contributed by atoms with Crippen LogP contribution in [0.2, 0.25) is 0 Å². The fourth-order valence-corrected chi connectivity index (χ4v) is 3.77. The second kappa shape index (κ2) is 8.50. The van der Waals surface area contributed by atoms with E-state index in [1.165, 1.54) is 13.2 Å². The van der Waals surface area contributed by atoms with E-state index in [1.54, 1.807) is 0 Å². The number of ether oxygens (including phenoxy) is 2. The van der Waals surface area contributed by atoms with E-state index in [0.717, 1.165) is 16.7 Å². The molecule has 4 rings (SSSR count).